The Bertz CT molecular complexity index is 446. The number of aryl methyl sites for hydroxylation is 1. The van der Waals surface area contributed by atoms with Crippen LogP contribution in [-0.4, -0.2) is 21.1 Å². The third-order valence-electron chi connectivity index (χ3n) is 2.33. The number of hydrogen-bond acceptors (Lipinski definition) is 4. The summed E-state index contributed by atoms with van der Waals surface area (Å²) in [7, 11) is 0. The Kier molecular flexibility index (Phi) is 3.69. The van der Waals surface area contributed by atoms with Crippen LogP contribution in [0.15, 0.2) is 18.6 Å². The van der Waals surface area contributed by atoms with Gasteiger partial charge in [0.2, 0.25) is 0 Å². The van der Waals surface area contributed by atoms with Crippen molar-refractivity contribution < 1.29 is 0 Å². The molecule has 2 heterocycles. The largest absolute Gasteiger partial charge is 0.329 e. The predicted molar refractivity (Wildman–Crippen MR) is 65.6 cm³/mol. The zero-order chi connectivity index (χ0) is 11.4. The number of imidazole rings is 1. The molecule has 0 spiro atoms. The second-order valence-corrected chi connectivity index (χ2v) is 4.92. The fourth-order valence-corrected chi connectivity index (χ4v) is 2.33. The smallest absolute Gasteiger partial charge is 0.122 e. The second kappa shape index (κ2) is 5.23. The van der Waals surface area contributed by atoms with Gasteiger partial charge < -0.3 is 9.88 Å². The fraction of sp³-hybridized carbons (Fsp3) is 0.455. The van der Waals surface area contributed by atoms with Crippen molar-refractivity contribution in [3.63, 3.8) is 0 Å². The fourth-order valence-electron chi connectivity index (χ4n) is 1.53. The minimum Gasteiger partial charge on any atom is -0.329 e. The Morgan fingerprint density at radius 3 is 3.00 bits per heavy atom. The molecule has 0 unspecified atom stereocenters. The van der Waals surface area contributed by atoms with Crippen LogP contribution in [0.5, 0.6) is 0 Å². The summed E-state index contributed by atoms with van der Waals surface area (Å²) in [6.07, 6.45) is 5.80. The van der Waals surface area contributed by atoms with Crippen LogP contribution in [0.1, 0.15) is 22.6 Å². The monoisotopic (exact) mass is 236 g/mol. The summed E-state index contributed by atoms with van der Waals surface area (Å²) in [5.41, 5.74) is 0. The van der Waals surface area contributed by atoms with E-state index in [1.165, 1.54) is 4.88 Å². The molecule has 0 bridgehead atoms. The van der Waals surface area contributed by atoms with E-state index >= 15 is 0 Å². The molecule has 86 valence electrons. The van der Waals surface area contributed by atoms with Crippen molar-refractivity contribution in [2.45, 2.75) is 26.9 Å². The number of rotatable bonds is 5. The number of thiazole rings is 1. The molecule has 2 rings (SSSR count). The van der Waals surface area contributed by atoms with Crippen LogP contribution >= 0.6 is 11.3 Å². The molecule has 0 aliphatic carbocycles. The summed E-state index contributed by atoms with van der Waals surface area (Å²) in [6, 6.07) is 0. The van der Waals surface area contributed by atoms with Gasteiger partial charge >= 0.3 is 0 Å². The van der Waals surface area contributed by atoms with Crippen molar-refractivity contribution in [2.75, 3.05) is 6.54 Å². The van der Waals surface area contributed by atoms with Crippen molar-refractivity contribution in [1.29, 1.82) is 0 Å². The number of hydrogen-bond donors (Lipinski definition) is 1. The lowest BCUT2D eigenvalue weighted by Gasteiger charge is -2.06. The maximum absolute atomic E-state index is 4.34. The molecule has 1 N–H and O–H groups in total. The highest BCUT2D eigenvalue weighted by Gasteiger charge is 2.04. The van der Waals surface area contributed by atoms with Crippen LogP contribution < -0.4 is 5.32 Å². The molecule has 0 aromatic carbocycles. The zero-order valence-electron chi connectivity index (χ0n) is 9.60. The number of aromatic nitrogens is 3. The summed E-state index contributed by atoms with van der Waals surface area (Å²) in [6.45, 7) is 6.78. The van der Waals surface area contributed by atoms with Crippen molar-refractivity contribution in [3.8, 4) is 0 Å². The zero-order valence-corrected chi connectivity index (χ0v) is 10.4. The SMILES string of the molecule is CCNCc1nccn1Cc1cnc(C)s1. The molecule has 5 heteroatoms. The molecule has 2 aromatic rings. The van der Waals surface area contributed by atoms with Gasteiger partial charge in [-0.05, 0) is 13.5 Å². The quantitative estimate of drug-likeness (QED) is 0.861. The second-order valence-electron chi connectivity index (χ2n) is 3.60. The number of nitrogens with zero attached hydrogens (tertiary/aromatic N) is 3. The van der Waals surface area contributed by atoms with Crippen LogP contribution in [0.4, 0.5) is 0 Å². The first-order chi connectivity index (χ1) is 7.79. The van der Waals surface area contributed by atoms with E-state index < -0.39 is 0 Å². The molecule has 0 saturated heterocycles. The van der Waals surface area contributed by atoms with Crippen LogP contribution in [0.2, 0.25) is 0 Å². The number of nitrogens with one attached hydrogen (secondary N) is 1. The summed E-state index contributed by atoms with van der Waals surface area (Å²) in [5.74, 6) is 1.08. The Hall–Kier alpha value is -1.20. The first kappa shape index (κ1) is 11.3. The first-order valence-corrected chi connectivity index (χ1v) is 6.23. The molecule has 0 amide bonds. The first-order valence-electron chi connectivity index (χ1n) is 5.41. The van der Waals surface area contributed by atoms with Crippen molar-refractivity contribution in [2.24, 2.45) is 0 Å². The topological polar surface area (TPSA) is 42.7 Å². The van der Waals surface area contributed by atoms with E-state index in [-0.39, 0.29) is 0 Å². The predicted octanol–water partition coefficient (Wildman–Crippen LogP) is 1.81. The van der Waals surface area contributed by atoms with Crippen molar-refractivity contribution in [3.05, 3.63) is 34.3 Å². The minimum atomic E-state index is 0.821. The summed E-state index contributed by atoms with van der Waals surface area (Å²) >= 11 is 1.74. The van der Waals surface area contributed by atoms with Gasteiger partial charge in [0.1, 0.15) is 5.82 Å². The van der Waals surface area contributed by atoms with E-state index in [0.717, 1.165) is 30.5 Å². The Balaban J connectivity index is 2.06. The molecule has 0 radical (unpaired) electrons. The minimum absolute atomic E-state index is 0.821. The highest BCUT2D eigenvalue weighted by atomic mass is 32.1. The standard InChI is InChI=1S/C11H16N4S/c1-3-12-7-11-13-4-5-15(11)8-10-6-14-9(2)16-10/h4-6,12H,3,7-8H2,1-2H3. The van der Waals surface area contributed by atoms with Crippen LogP contribution in [-0.2, 0) is 13.1 Å². The summed E-state index contributed by atoms with van der Waals surface area (Å²) in [5, 5.41) is 4.40. The normalized spacial score (nSPS) is 10.9. The lowest BCUT2D eigenvalue weighted by molar-refractivity contribution is 0.642. The van der Waals surface area contributed by atoms with Gasteiger partial charge in [0.15, 0.2) is 0 Å². The van der Waals surface area contributed by atoms with E-state index in [0.29, 0.717) is 0 Å². The molecule has 0 aliphatic heterocycles. The third-order valence-corrected chi connectivity index (χ3v) is 3.23. The van der Waals surface area contributed by atoms with Gasteiger partial charge in [0, 0.05) is 23.5 Å². The Morgan fingerprint density at radius 2 is 2.31 bits per heavy atom. The highest BCUT2D eigenvalue weighted by molar-refractivity contribution is 7.11. The maximum Gasteiger partial charge on any atom is 0.122 e. The lowest BCUT2D eigenvalue weighted by atomic mass is 10.5. The molecule has 0 saturated carbocycles. The van der Waals surface area contributed by atoms with E-state index in [4.69, 9.17) is 0 Å². The summed E-state index contributed by atoms with van der Waals surface area (Å²) in [4.78, 5) is 9.87. The van der Waals surface area contributed by atoms with Crippen LogP contribution in [0, 0.1) is 6.92 Å². The van der Waals surface area contributed by atoms with E-state index in [2.05, 4.69) is 26.8 Å². The maximum atomic E-state index is 4.34. The van der Waals surface area contributed by atoms with Gasteiger partial charge in [-0.15, -0.1) is 11.3 Å². The Morgan fingerprint density at radius 1 is 1.44 bits per heavy atom. The Labute approximate surface area is 99.4 Å². The van der Waals surface area contributed by atoms with E-state index in [1.54, 1.807) is 11.3 Å². The van der Waals surface area contributed by atoms with Crippen LogP contribution in [0.3, 0.4) is 0 Å². The van der Waals surface area contributed by atoms with E-state index in [9.17, 15) is 0 Å². The van der Waals surface area contributed by atoms with Gasteiger partial charge in [-0.1, -0.05) is 6.92 Å². The van der Waals surface area contributed by atoms with Gasteiger partial charge in [-0.3, -0.25) is 0 Å². The van der Waals surface area contributed by atoms with Gasteiger partial charge in [0.25, 0.3) is 0 Å². The molecule has 4 nitrogen and oxygen atoms in total. The van der Waals surface area contributed by atoms with Crippen molar-refractivity contribution in [1.82, 2.24) is 19.9 Å². The molecule has 0 atom stereocenters. The summed E-state index contributed by atoms with van der Waals surface area (Å²) < 4.78 is 2.16. The molecule has 0 fully saturated rings. The van der Waals surface area contributed by atoms with E-state index in [1.807, 2.05) is 25.5 Å². The highest BCUT2D eigenvalue weighted by Crippen LogP contribution is 2.13. The van der Waals surface area contributed by atoms with Gasteiger partial charge in [-0.2, -0.15) is 0 Å². The van der Waals surface area contributed by atoms with Crippen LogP contribution in [0.25, 0.3) is 0 Å². The molecule has 16 heavy (non-hydrogen) atoms. The molecule has 0 aliphatic rings. The average Bonchev–Trinajstić information content (AvgIpc) is 2.86. The van der Waals surface area contributed by atoms with Gasteiger partial charge in [0.05, 0.1) is 18.1 Å². The lowest BCUT2D eigenvalue weighted by Crippen LogP contribution is -2.16. The molecular formula is C11H16N4S. The van der Waals surface area contributed by atoms with Gasteiger partial charge in [-0.25, -0.2) is 9.97 Å². The molecular weight excluding hydrogens is 220 g/mol. The third kappa shape index (κ3) is 2.68. The van der Waals surface area contributed by atoms with Crippen molar-refractivity contribution >= 4 is 11.3 Å². The average molecular weight is 236 g/mol. The molecule has 2 aromatic heterocycles.